The van der Waals surface area contributed by atoms with E-state index in [0.29, 0.717) is 26.4 Å². The monoisotopic (exact) mass is 430 g/mol. The fourth-order valence-electron chi connectivity index (χ4n) is 2.97. The van der Waals surface area contributed by atoms with Crippen molar-refractivity contribution in [3.63, 3.8) is 0 Å². The van der Waals surface area contributed by atoms with Gasteiger partial charge >= 0.3 is 6.18 Å². The Balaban J connectivity index is 1.79. The molecule has 30 heavy (non-hydrogen) atoms. The van der Waals surface area contributed by atoms with Crippen molar-refractivity contribution in [2.24, 2.45) is 0 Å². The maximum atomic E-state index is 13.7. The molecule has 2 heterocycles. The molecule has 0 atom stereocenters. The number of fused-ring (bicyclic) bond motifs is 1. The van der Waals surface area contributed by atoms with Gasteiger partial charge in [0.25, 0.3) is 5.91 Å². The number of rotatable bonds is 3. The SMILES string of the molecule is Cc1c(Cl)cccc1NC(=O)c1cc2nc(-c3ccccc3)cc(C(F)(F)F)n2n1. The van der Waals surface area contributed by atoms with Crippen LogP contribution in [0.4, 0.5) is 18.9 Å². The summed E-state index contributed by atoms with van der Waals surface area (Å²) in [5.74, 6) is -0.666. The topological polar surface area (TPSA) is 59.3 Å². The molecule has 1 N–H and O–H groups in total. The normalized spacial score (nSPS) is 11.6. The molecule has 0 unspecified atom stereocenters. The van der Waals surface area contributed by atoms with Crippen molar-refractivity contribution in [1.82, 2.24) is 14.6 Å². The first-order chi connectivity index (χ1) is 14.2. The number of halogens is 4. The van der Waals surface area contributed by atoms with Crippen molar-refractivity contribution in [2.75, 3.05) is 5.32 Å². The summed E-state index contributed by atoms with van der Waals surface area (Å²) in [6.45, 7) is 1.72. The average molecular weight is 431 g/mol. The standard InChI is InChI=1S/C21H14ClF3N4O/c1-12-14(22)8-5-9-15(12)27-20(30)17-11-19-26-16(13-6-3-2-4-7-13)10-18(21(23,24)25)29(19)28-17/h2-11H,1H3,(H,27,30). The van der Waals surface area contributed by atoms with Gasteiger partial charge in [-0.05, 0) is 30.7 Å². The highest BCUT2D eigenvalue weighted by atomic mass is 35.5. The van der Waals surface area contributed by atoms with Gasteiger partial charge in [0, 0.05) is 22.3 Å². The molecule has 0 saturated heterocycles. The zero-order valence-corrected chi connectivity index (χ0v) is 16.3. The minimum absolute atomic E-state index is 0.0864. The van der Waals surface area contributed by atoms with Gasteiger partial charge in [-0.2, -0.15) is 18.3 Å². The van der Waals surface area contributed by atoms with Crippen LogP contribution in [0.1, 0.15) is 21.7 Å². The number of hydrogen-bond acceptors (Lipinski definition) is 3. The van der Waals surface area contributed by atoms with Crippen LogP contribution in [0.25, 0.3) is 16.9 Å². The van der Waals surface area contributed by atoms with E-state index in [1.165, 1.54) is 6.07 Å². The number of hydrogen-bond donors (Lipinski definition) is 1. The Morgan fingerprint density at radius 1 is 1.07 bits per heavy atom. The lowest BCUT2D eigenvalue weighted by Crippen LogP contribution is -2.16. The van der Waals surface area contributed by atoms with Crippen LogP contribution in [0, 0.1) is 6.92 Å². The predicted molar refractivity (Wildman–Crippen MR) is 108 cm³/mol. The van der Waals surface area contributed by atoms with Gasteiger partial charge in [-0.1, -0.05) is 48.0 Å². The summed E-state index contributed by atoms with van der Waals surface area (Å²) in [7, 11) is 0. The number of nitrogens with one attached hydrogen (secondary N) is 1. The van der Waals surface area contributed by atoms with Crippen molar-refractivity contribution in [3.05, 3.63) is 82.6 Å². The Hall–Kier alpha value is -3.39. The lowest BCUT2D eigenvalue weighted by molar-refractivity contribution is -0.142. The Morgan fingerprint density at radius 3 is 2.50 bits per heavy atom. The van der Waals surface area contributed by atoms with Crippen LogP contribution in [0.2, 0.25) is 5.02 Å². The molecule has 0 aliphatic rings. The highest BCUT2D eigenvalue weighted by Gasteiger charge is 2.35. The lowest BCUT2D eigenvalue weighted by Gasteiger charge is -2.11. The molecular weight excluding hydrogens is 417 g/mol. The Bertz CT molecular complexity index is 1250. The van der Waals surface area contributed by atoms with Crippen molar-refractivity contribution >= 4 is 28.8 Å². The minimum Gasteiger partial charge on any atom is -0.320 e. The molecule has 4 rings (SSSR count). The molecule has 0 saturated carbocycles. The molecule has 5 nitrogen and oxygen atoms in total. The Morgan fingerprint density at radius 2 is 1.80 bits per heavy atom. The molecule has 9 heteroatoms. The molecule has 1 amide bonds. The second-order valence-electron chi connectivity index (χ2n) is 6.56. The van der Waals surface area contributed by atoms with Gasteiger partial charge < -0.3 is 5.32 Å². The second kappa shape index (κ2) is 7.46. The van der Waals surface area contributed by atoms with Crippen LogP contribution >= 0.6 is 11.6 Å². The highest BCUT2D eigenvalue weighted by Crippen LogP contribution is 2.32. The maximum Gasteiger partial charge on any atom is 0.433 e. The van der Waals surface area contributed by atoms with Crippen molar-refractivity contribution < 1.29 is 18.0 Å². The largest absolute Gasteiger partial charge is 0.433 e. The number of amides is 1. The van der Waals surface area contributed by atoms with Gasteiger partial charge in [-0.3, -0.25) is 4.79 Å². The average Bonchev–Trinajstić information content (AvgIpc) is 3.15. The first-order valence-electron chi connectivity index (χ1n) is 8.84. The van der Waals surface area contributed by atoms with Crippen LogP contribution in [0.15, 0.2) is 60.7 Å². The lowest BCUT2D eigenvalue weighted by atomic mass is 10.1. The molecule has 0 aliphatic carbocycles. The molecule has 0 radical (unpaired) electrons. The van der Waals surface area contributed by atoms with E-state index in [1.54, 1.807) is 55.5 Å². The summed E-state index contributed by atoms with van der Waals surface area (Å²) in [5.41, 5.74) is 0.425. The number of anilines is 1. The fraction of sp³-hybridized carbons (Fsp3) is 0.0952. The van der Waals surface area contributed by atoms with E-state index in [1.807, 2.05) is 0 Å². The van der Waals surface area contributed by atoms with Crippen LogP contribution in [0.3, 0.4) is 0 Å². The number of nitrogens with zero attached hydrogens (tertiary/aromatic N) is 3. The first-order valence-corrected chi connectivity index (χ1v) is 9.22. The third kappa shape index (κ3) is 3.73. The van der Waals surface area contributed by atoms with Gasteiger partial charge in [-0.25, -0.2) is 9.50 Å². The zero-order valence-electron chi connectivity index (χ0n) is 15.5. The van der Waals surface area contributed by atoms with Gasteiger partial charge in [0.15, 0.2) is 17.0 Å². The summed E-state index contributed by atoms with van der Waals surface area (Å²) < 4.78 is 41.6. The summed E-state index contributed by atoms with van der Waals surface area (Å²) in [6, 6.07) is 15.6. The third-order valence-corrected chi connectivity index (χ3v) is 4.95. The van der Waals surface area contributed by atoms with Crippen LogP contribution in [0.5, 0.6) is 0 Å². The summed E-state index contributed by atoms with van der Waals surface area (Å²) in [4.78, 5) is 16.9. The highest BCUT2D eigenvalue weighted by molar-refractivity contribution is 6.31. The molecule has 2 aromatic carbocycles. The van der Waals surface area contributed by atoms with Crippen molar-refractivity contribution in [2.45, 2.75) is 13.1 Å². The number of carbonyl (C=O) groups is 1. The summed E-state index contributed by atoms with van der Waals surface area (Å²) in [6.07, 6.45) is -4.69. The van der Waals surface area contributed by atoms with Crippen LogP contribution < -0.4 is 5.32 Å². The van der Waals surface area contributed by atoms with E-state index in [4.69, 9.17) is 11.6 Å². The molecular formula is C21H14ClF3N4O. The smallest absolute Gasteiger partial charge is 0.320 e. The molecule has 2 aromatic heterocycles. The zero-order chi connectivity index (χ0) is 21.5. The molecule has 0 fully saturated rings. The van der Waals surface area contributed by atoms with E-state index in [-0.39, 0.29) is 17.0 Å². The Labute approximate surface area is 174 Å². The summed E-state index contributed by atoms with van der Waals surface area (Å²) in [5, 5.41) is 6.93. The van der Waals surface area contributed by atoms with Gasteiger partial charge in [0.2, 0.25) is 0 Å². The Kier molecular flexibility index (Phi) is 4.95. The van der Waals surface area contributed by atoms with Crippen LogP contribution in [-0.4, -0.2) is 20.5 Å². The number of benzene rings is 2. The third-order valence-electron chi connectivity index (χ3n) is 4.54. The minimum atomic E-state index is -4.69. The molecule has 0 spiro atoms. The van der Waals surface area contributed by atoms with Crippen molar-refractivity contribution in [1.29, 1.82) is 0 Å². The second-order valence-corrected chi connectivity index (χ2v) is 6.96. The molecule has 0 aliphatic heterocycles. The number of carbonyl (C=O) groups excluding carboxylic acids is 1. The van der Waals surface area contributed by atoms with E-state index in [0.717, 1.165) is 6.07 Å². The number of aromatic nitrogens is 3. The number of alkyl halides is 3. The fourth-order valence-corrected chi connectivity index (χ4v) is 3.15. The van der Waals surface area contributed by atoms with Gasteiger partial charge in [0.05, 0.1) is 5.69 Å². The van der Waals surface area contributed by atoms with Gasteiger partial charge in [0.1, 0.15) is 0 Å². The van der Waals surface area contributed by atoms with E-state index in [9.17, 15) is 18.0 Å². The predicted octanol–water partition coefficient (Wildman–Crippen LogP) is 5.63. The van der Waals surface area contributed by atoms with Crippen molar-refractivity contribution in [3.8, 4) is 11.3 Å². The molecule has 4 aromatic rings. The quantitative estimate of drug-likeness (QED) is 0.458. The van der Waals surface area contributed by atoms with Gasteiger partial charge in [-0.15, -0.1) is 0 Å². The summed E-state index contributed by atoms with van der Waals surface area (Å²) >= 11 is 6.05. The molecule has 0 bridgehead atoms. The van der Waals surface area contributed by atoms with E-state index >= 15 is 0 Å². The van der Waals surface area contributed by atoms with E-state index < -0.39 is 17.8 Å². The first kappa shape index (κ1) is 19.9. The van der Waals surface area contributed by atoms with Crippen LogP contribution in [-0.2, 0) is 6.18 Å². The van der Waals surface area contributed by atoms with E-state index in [2.05, 4.69) is 15.4 Å². The molecule has 152 valence electrons. The maximum absolute atomic E-state index is 13.7.